The number of pyridine rings is 2. The molecule has 1 aromatic carbocycles. The number of anilines is 2. The van der Waals surface area contributed by atoms with E-state index in [2.05, 4.69) is 9.97 Å². The minimum Gasteiger partial charge on any atom is -0.398 e. The maximum absolute atomic E-state index is 14.7. The first-order valence-electron chi connectivity index (χ1n) is 11.0. The molecule has 0 aliphatic heterocycles. The van der Waals surface area contributed by atoms with Crippen LogP contribution < -0.4 is 17.2 Å². The molecule has 0 saturated heterocycles. The number of carbonyl (C=O) groups is 1. The van der Waals surface area contributed by atoms with Crippen molar-refractivity contribution in [3.63, 3.8) is 0 Å². The van der Waals surface area contributed by atoms with E-state index in [1.807, 2.05) is 0 Å². The summed E-state index contributed by atoms with van der Waals surface area (Å²) in [6, 6.07) is 7.16. The average Bonchev–Trinajstić information content (AvgIpc) is 3.35. The lowest BCUT2D eigenvalue weighted by molar-refractivity contribution is -0.136. The summed E-state index contributed by atoms with van der Waals surface area (Å²) in [6.07, 6.45) is 0.913. The Kier molecular flexibility index (Phi) is 5.54. The van der Waals surface area contributed by atoms with Gasteiger partial charge in [0.15, 0.2) is 0 Å². The fraction of sp³-hybridized carbons (Fsp3) is 0.292. The first kappa shape index (κ1) is 23.3. The molecule has 0 bridgehead atoms. The van der Waals surface area contributed by atoms with E-state index in [-0.39, 0.29) is 35.5 Å². The predicted molar refractivity (Wildman–Crippen MR) is 131 cm³/mol. The van der Waals surface area contributed by atoms with Crippen molar-refractivity contribution in [2.75, 3.05) is 11.5 Å². The molecule has 1 amide bonds. The molecule has 35 heavy (non-hydrogen) atoms. The zero-order valence-electron chi connectivity index (χ0n) is 18.5. The standard InChI is InChI=1S/C24H24ClFN6O3/c25-14-9-13-15(26)7-11(8-17(13)31-21(14)28)1-4-24(23(29)35)10-18(19(33)20(24)34)32-6-3-12-16(27)2-5-30-22(12)32/h2-3,5-9,18-20,33-34H,1,4,10H2,(H2,27,30)(H2,28,31)(H2,29,35)/t18-,19+,20+,24-/m1/s1. The number of nitrogen functional groups attached to an aromatic ring is 2. The minimum atomic E-state index is -1.45. The monoisotopic (exact) mass is 498 g/mol. The molecule has 8 N–H and O–H groups in total. The summed E-state index contributed by atoms with van der Waals surface area (Å²) in [6.45, 7) is 0. The third kappa shape index (κ3) is 3.65. The minimum absolute atomic E-state index is 0.0712. The van der Waals surface area contributed by atoms with Gasteiger partial charge in [-0.05, 0) is 55.2 Å². The van der Waals surface area contributed by atoms with E-state index in [0.717, 1.165) is 0 Å². The van der Waals surface area contributed by atoms with Crippen LogP contribution >= 0.6 is 11.6 Å². The summed E-state index contributed by atoms with van der Waals surface area (Å²) >= 11 is 5.96. The highest BCUT2D eigenvalue weighted by atomic mass is 35.5. The van der Waals surface area contributed by atoms with Crippen molar-refractivity contribution in [3.05, 3.63) is 59.1 Å². The average molecular weight is 499 g/mol. The van der Waals surface area contributed by atoms with E-state index in [9.17, 15) is 19.4 Å². The number of aryl methyl sites for hydroxylation is 1. The molecule has 182 valence electrons. The lowest BCUT2D eigenvalue weighted by Crippen LogP contribution is -2.46. The number of hydrogen-bond acceptors (Lipinski definition) is 7. The summed E-state index contributed by atoms with van der Waals surface area (Å²) in [5, 5.41) is 23.0. The third-order valence-corrected chi connectivity index (χ3v) is 7.44. The van der Waals surface area contributed by atoms with E-state index in [1.165, 1.54) is 12.1 Å². The molecule has 5 rings (SSSR count). The van der Waals surface area contributed by atoms with Gasteiger partial charge in [-0.15, -0.1) is 0 Å². The zero-order valence-corrected chi connectivity index (χ0v) is 19.3. The molecule has 4 aromatic rings. The van der Waals surface area contributed by atoms with Gasteiger partial charge in [-0.25, -0.2) is 14.4 Å². The van der Waals surface area contributed by atoms with Crippen molar-refractivity contribution in [2.45, 2.75) is 37.5 Å². The van der Waals surface area contributed by atoms with E-state index in [0.29, 0.717) is 27.8 Å². The molecule has 4 atom stereocenters. The second-order valence-corrected chi connectivity index (χ2v) is 9.49. The van der Waals surface area contributed by atoms with E-state index in [4.69, 9.17) is 28.8 Å². The first-order valence-corrected chi connectivity index (χ1v) is 11.4. The molecule has 1 aliphatic rings. The number of benzene rings is 1. The van der Waals surface area contributed by atoms with Crippen LogP contribution in [-0.4, -0.2) is 42.9 Å². The van der Waals surface area contributed by atoms with Gasteiger partial charge in [-0.2, -0.15) is 0 Å². The van der Waals surface area contributed by atoms with Gasteiger partial charge in [0.25, 0.3) is 0 Å². The molecular weight excluding hydrogens is 475 g/mol. The molecule has 3 aromatic heterocycles. The van der Waals surface area contributed by atoms with Gasteiger partial charge in [-0.3, -0.25) is 4.79 Å². The van der Waals surface area contributed by atoms with Crippen molar-refractivity contribution in [1.29, 1.82) is 0 Å². The summed E-state index contributed by atoms with van der Waals surface area (Å²) in [5.74, 6) is -1.20. The quantitative estimate of drug-likeness (QED) is 0.281. The van der Waals surface area contributed by atoms with Gasteiger partial charge < -0.3 is 32.0 Å². The van der Waals surface area contributed by atoms with Gasteiger partial charge in [0.2, 0.25) is 5.91 Å². The Hall–Kier alpha value is -3.47. The maximum atomic E-state index is 14.7. The van der Waals surface area contributed by atoms with Gasteiger partial charge in [0, 0.05) is 28.9 Å². The number of rotatable bonds is 5. The molecule has 1 saturated carbocycles. The SMILES string of the molecule is NC(=O)[C@]1(CCc2cc(F)c3cc(Cl)c(N)nc3c2)C[C@@H](n2ccc3c(N)ccnc32)[C@H](O)[C@@H]1O. The molecule has 0 unspecified atom stereocenters. The molecule has 1 aliphatic carbocycles. The van der Waals surface area contributed by atoms with Crippen LogP contribution in [0.2, 0.25) is 5.02 Å². The van der Waals surface area contributed by atoms with Crippen LogP contribution in [0.3, 0.4) is 0 Å². The second kappa shape index (κ2) is 8.33. The lowest BCUT2D eigenvalue weighted by Gasteiger charge is -2.29. The van der Waals surface area contributed by atoms with Crippen LogP contribution in [0.4, 0.5) is 15.9 Å². The number of fused-ring (bicyclic) bond motifs is 2. The van der Waals surface area contributed by atoms with Crippen molar-refractivity contribution < 1.29 is 19.4 Å². The molecule has 9 nitrogen and oxygen atoms in total. The highest BCUT2D eigenvalue weighted by molar-refractivity contribution is 6.33. The third-order valence-electron chi connectivity index (χ3n) is 7.14. The van der Waals surface area contributed by atoms with E-state index >= 15 is 0 Å². The number of aliphatic hydroxyl groups excluding tert-OH is 2. The normalized spacial score (nSPS) is 24.4. The van der Waals surface area contributed by atoms with Gasteiger partial charge in [0.05, 0.1) is 28.1 Å². The van der Waals surface area contributed by atoms with Crippen molar-refractivity contribution in [1.82, 2.24) is 14.5 Å². The lowest BCUT2D eigenvalue weighted by atomic mass is 9.77. The second-order valence-electron chi connectivity index (χ2n) is 9.09. The van der Waals surface area contributed by atoms with Crippen LogP contribution in [0.1, 0.15) is 24.4 Å². The molecule has 0 spiro atoms. The Labute approximate surface area is 204 Å². The summed E-state index contributed by atoms with van der Waals surface area (Å²) in [4.78, 5) is 21.2. The van der Waals surface area contributed by atoms with Crippen LogP contribution in [0, 0.1) is 11.2 Å². The Morgan fingerprint density at radius 3 is 2.74 bits per heavy atom. The number of aliphatic hydroxyl groups is 2. The van der Waals surface area contributed by atoms with Gasteiger partial charge in [0.1, 0.15) is 23.4 Å². The molecule has 0 radical (unpaired) electrons. The van der Waals surface area contributed by atoms with Crippen LogP contribution in [0.25, 0.3) is 21.9 Å². The van der Waals surface area contributed by atoms with E-state index in [1.54, 1.807) is 35.2 Å². The number of carbonyl (C=O) groups excluding carboxylic acids is 1. The Balaban J connectivity index is 1.47. The Morgan fingerprint density at radius 2 is 2.00 bits per heavy atom. The predicted octanol–water partition coefficient (Wildman–Crippen LogP) is 2.31. The summed E-state index contributed by atoms with van der Waals surface area (Å²) in [7, 11) is 0. The number of primary amides is 1. The van der Waals surface area contributed by atoms with Crippen molar-refractivity contribution >= 4 is 50.9 Å². The van der Waals surface area contributed by atoms with Crippen molar-refractivity contribution in [3.8, 4) is 0 Å². The van der Waals surface area contributed by atoms with Crippen molar-refractivity contribution in [2.24, 2.45) is 11.1 Å². The Bertz CT molecular complexity index is 1480. The number of aromatic nitrogens is 3. The van der Waals surface area contributed by atoms with E-state index < -0.39 is 35.4 Å². The van der Waals surface area contributed by atoms with Crippen LogP contribution in [-0.2, 0) is 11.2 Å². The first-order chi connectivity index (χ1) is 16.6. The fourth-order valence-electron chi connectivity index (χ4n) is 5.17. The smallest absolute Gasteiger partial charge is 0.226 e. The van der Waals surface area contributed by atoms with Gasteiger partial charge in [-0.1, -0.05) is 11.6 Å². The highest BCUT2D eigenvalue weighted by Gasteiger charge is 2.56. The number of nitrogens with zero attached hydrogens (tertiary/aromatic N) is 3. The zero-order chi connectivity index (χ0) is 25.1. The Morgan fingerprint density at radius 1 is 1.23 bits per heavy atom. The highest BCUT2D eigenvalue weighted by Crippen LogP contribution is 2.48. The summed E-state index contributed by atoms with van der Waals surface area (Å²) < 4.78 is 16.4. The maximum Gasteiger partial charge on any atom is 0.226 e. The number of amides is 1. The molecule has 11 heteroatoms. The molecule has 1 fully saturated rings. The topological polar surface area (TPSA) is 166 Å². The number of halogens is 2. The van der Waals surface area contributed by atoms with Gasteiger partial charge >= 0.3 is 0 Å². The van der Waals surface area contributed by atoms with Crippen LogP contribution in [0.5, 0.6) is 0 Å². The molecule has 3 heterocycles. The largest absolute Gasteiger partial charge is 0.398 e. The number of hydrogen-bond donors (Lipinski definition) is 5. The molecular formula is C24H24ClFN6O3. The fourth-order valence-corrected chi connectivity index (χ4v) is 5.32. The number of nitrogens with two attached hydrogens (primary N) is 3. The van der Waals surface area contributed by atoms with Crippen LogP contribution in [0.15, 0.2) is 42.7 Å². The summed E-state index contributed by atoms with van der Waals surface area (Å²) in [5.41, 5.74) is 18.0.